The number of aryl methyl sites for hydroxylation is 2. The molecule has 0 aliphatic rings. The number of para-hydroxylation sites is 2. The molecule has 5 nitrogen and oxygen atoms in total. The molecule has 0 aliphatic heterocycles. The maximum absolute atomic E-state index is 12.7. The molecule has 0 fully saturated rings. The highest BCUT2D eigenvalue weighted by atomic mass is 35.5. The largest absolute Gasteiger partial charge is 0.321 e. The third kappa shape index (κ3) is 4.38. The van der Waals surface area contributed by atoms with Gasteiger partial charge in [-0.05, 0) is 48.7 Å². The molecule has 0 atom stereocenters. The topological polar surface area (TPSA) is 71.1 Å². The van der Waals surface area contributed by atoms with Crippen molar-refractivity contribution in [2.45, 2.75) is 20.3 Å². The number of benzene rings is 2. The van der Waals surface area contributed by atoms with Crippen LogP contribution >= 0.6 is 11.6 Å². The van der Waals surface area contributed by atoms with Crippen molar-refractivity contribution in [3.8, 4) is 0 Å². The van der Waals surface area contributed by atoms with Gasteiger partial charge in [-0.2, -0.15) is 0 Å². The van der Waals surface area contributed by atoms with Gasteiger partial charge >= 0.3 is 0 Å². The van der Waals surface area contributed by atoms with Gasteiger partial charge in [0.25, 0.3) is 11.8 Å². The normalized spacial score (nSPS) is 10.4. The molecule has 0 radical (unpaired) electrons. The highest BCUT2D eigenvalue weighted by Gasteiger charge is 2.15. The van der Waals surface area contributed by atoms with E-state index in [1.54, 1.807) is 30.3 Å². The molecule has 0 aliphatic carbocycles. The molecule has 0 unspecified atom stereocenters. The molecule has 2 N–H and O–H groups in total. The zero-order valence-corrected chi connectivity index (χ0v) is 16.4. The second-order valence-electron chi connectivity index (χ2n) is 6.28. The molecule has 1 heterocycles. The SMILES string of the molecule is CCc1cccc(C)c1NC(=O)c1ccnc(C(=O)Nc2ccccc2Cl)c1. The smallest absolute Gasteiger partial charge is 0.274 e. The average molecular weight is 394 g/mol. The Bertz CT molecular complexity index is 1030. The molecule has 1 aromatic heterocycles. The minimum atomic E-state index is -0.437. The number of amides is 2. The van der Waals surface area contributed by atoms with E-state index in [2.05, 4.69) is 15.6 Å². The summed E-state index contributed by atoms with van der Waals surface area (Å²) in [6.07, 6.45) is 2.24. The molecule has 28 heavy (non-hydrogen) atoms. The summed E-state index contributed by atoms with van der Waals surface area (Å²) >= 11 is 6.07. The van der Waals surface area contributed by atoms with Crippen molar-refractivity contribution < 1.29 is 9.59 Å². The summed E-state index contributed by atoms with van der Waals surface area (Å²) < 4.78 is 0. The van der Waals surface area contributed by atoms with Crippen LogP contribution in [0.3, 0.4) is 0 Å². The first-order chi connectivity index (χ1) is 13.5. The molecule has 2 aromatic carbocycles. The van der Waals surface area contributed by atoms with E-state index in [1.165, 1.54) is 12.3 Å². The fraction of sp³-hybridized carbons (Fsp3) is 0.136. The number of carbonyl (C=O) groups is 2. The Morgan fingerprint density at radius 2 is 1.79 bits per heavy atom. The van der Waals surface area contributed by atoms with Gasteiger partial charge in [0.15, 0.2) is 0 Å². The molecule has 0 bridgehead atoms. The monoisotopic (exact) mass is 393 g/mol. The first-order valence-electron chi connectivity index (χ1n) is 8.91. The van der Waals surface area contributed by atoms with Crippen molar-refractivity contribution in [3.05, 3.63) is 88.2 Å². The van der Waals surface area contributed by atoms with Gasteiger partial charge < -0.3 is 10.6 Å². The number of hydrogen-bond acceptors (Lipinski definition) is 3. The molecule has 142 valence electrons. The minimum Gasteiger partial charge on any atom is -0.321 e. The van der Waals surface area contributed by atoms with Crippen LogP contribution in [0.25, 0.3) is 0 Å². The van der Waals surface area contributed by atoms with Gasteiger partial charge in [-0.15, -0.1) is 0 Å². The molecule has 0 saturated heterocycles. The molecule has 2 amide bonds. The van der Waals surface area contributed by atoms with E-state index in [0.29, 0.717) is 16.3 Å². The average Bonchev–Trinajstić information content (AvgIpc) is 2.71. The van der Waals surface area contributed by atoms with E-state index in [4.69, 9.17) is 11.6 Å². The number of rotatable bonds is 5. The van der Waals surface area contributed by atoms with Crippen LogP contribution in [0.1, 0.15) is 38.9 Å². The Kier molecular flexibility index (Phi) is 6.06. The van der Waals surface area contributed by atoms with Crippen molar-refractivity contribution in [3.63, 3.8) is 0 Å². The Morgan fingerprint density at radius 1 is 1.00 bits per heavy atom. The number of nitrogens with zero attached hydrogens (tertiary/aromatic N) is 1. The quantitative estimate of drug-likeness (QED) is 0.632. The van der Waals surface area contributed by atoms with Gasteiger partial charge in [0.05, 0.1) is 10.7 Å². The zero-order chi connectivity index (χ0) is 20.1. The van der Waals surface area contributed by atoms with Crippen molar-refractivity contribution in [1.82, 2.24) is 4.98 Å². The van der Waals surface area contributed by atoms with Gasteiger partial charge in [-0.1, -0.05) is 48.9 Å². The lowest BCUT2D eigenvalue weighted by Crippen LogP contribution is -2.18. The summed E-state index contributed by atoms with van der Waals surface area (Å²) in [5, 5.41) is 6.08. The zero-order valence-electron chi connectivity index (χ0n) is 15.6. The van der Waals surface area contributed by atoms with Gasteiger partial charge in [0, 0.05) is 17.4 Å². The number of anilines is 2. The molecule has 0 saturated carbocycles. The van der Waals surface area contributed by atoms with Crippen molar-refractivity contribution in [2.75, 3.05) is 10.6 Å². The Labute approximate surface area is 168 Å². The fourth-order valence-corrected chi connectivity index (χ4v) is 3.02. The second-order valence-corrected chi connectivity index (χ2v) is 6.69. The second kappa shape index (κ2) is 8.67. The molecular formula is C22H20ClN3O2. The van der Waals surface area contributed by atoms with E-state index in [1.807, 2.05) is 32.0 Å². The van der Waals surface area contributed by atoms with Crippen LogP contribution in [0.5, 0.6) is 0 Å². The highest BCUT2D eigenvalue weighted by molar-refractivity contribution is 6.33. The summed E-state index contributed by atoms with van der Waals surface area (Å²) in [6, 6.07) is 15.9. The third-order valence-electron chi connectivity index (χ3n) is 4.36. The summed E-state index contributed by atoms with van der Waals surface area (Å²) in [5.41, 5.74) is 3.81. The van der Waals surface area contributed by atoms with Crippen LogP contribution in [0.4, 0.5) is 11.4 Å². The molecular weight excluding hydrogens is 374 g/mol. The van der Waals surface area contributed by atoms with Gasteiger partial charge in [-0.25, -0.2) is 0 Å². The maximum Gasteiger partial charge on any atom is 0.274 e. The maximum atomic E-state index is 12.7. The number of hydrogen-bond donors (Lipinski definition) is 2. The summed E-state index contributed by atoms with van der Waals surface area (Å²) in [7, 11) is 0. The molecule has 3 aromatic rings. The van der Waals surface area contributed by atoms with E-state index in [-0.39, 0.29) is 11.6 Å². The lowest BCUT2D eigenvalue weighted by molar-refractivity contribution is 0.102. The van der Waals surface area contributed by atoms with Crippen molar-refractivity contribution >= 4 is 34.8 Å². The first-order valence-corrected chi connectivity index (χ1v) is 9.29. The molecule has 0 spiro atoms. The van der Waals surface area contributed by atoms with Crippen molar-refractivity contribution in [2.24, 2.45) is 0 Å². The summed E-state index contributed by atoms with van der Waals surface area (Å²) in [4.78, 5) is 29.3. The number of nitrogens with one attached hydrogen (secondary N) is 2. The Morgan fingerprint density at radius 3 is 2.54 bits per heavy atom. The Hall–Kier alpha value is -3.18. The van der Waals surface area contributed by atoms with Crippen LogP contribution in [-0.2, 0) is 6.42 Å². The van der Waals surface area contributed by atoms with Crippen LogP contribution in [0, 0.1) is 6.92 Å². The lowest BCUT2D eigenvalue weighted by Gasteiger charge is -2.13. The van der Waals surface area contributed by atoms with Crippen LogP contribution in [-0.4, -0.2) is 16.8 Å². The number of pyridine rings is 1. The number of carbonyl (C=O) groups excluding carboxylic acids is 2. The minimum absolute atomic E-state index is 0.132. The Balaban J connectivity index is 1.80. The highest BCUT2D eigenvalue weighted by Crippen LogP contribution is 2.23. The number of aromatic nitrogens is 1. The van der Waals surface area contributed by atoms with Crippen molar-refractivity contribution in [1.29, 1.82) is 0 Å². The first kappa shape index (κ1) is 19.6. The van der Waals surface area contributed by atoms with Gasteiger partial charge in [0.2, 0.25) is 0 Å². The van der Waals surface area contributed by atoms with Gasteiger partial charge in [-0.3, -0.25) is 14.6 Å². The van der Waals surface area contributed by atoms with Crippen LogP contribution in [0.2, 0.25) is 5.02 Å². The summed E-state index contributed by atoms with van der Waals surface area (Å²) in [6.45, 7) is 3.98. The standard InChI is InChI=1S/C22H20ClN3O2/c1-3-15-8-6-7-14(2)20(15)26-21(27)16-11-12-24-19(13-16)22(28)25-18-10-5-4-9-17(18)23/h4-13H,3H2,1-2H3,(H,25,28)(H,26,27). The third-order valence-corrected chi connectivity index (χ3v) is 4.68. The van der Waals surface area contributed by atoms with E-state index >= 15 is 0 Å². The molecule has 3 rings (SSSR count). The summed E-state index contributed by atoms with van der Waals surface area (Å²) in [5.74, 6) is -0.730. The van der Waals surface area contributed by atoms with Crippen LogP contribution < -0.4 is 10.6 Å². The molecule has 6 heteroatoms. The number of halogens is 1. The van der Waals surface area contributed by atoms with E-state index in [0.717, 1.165) is 23.2 Å². The van der Waals surface area contributed by atoms with E-state index in [9.17, 15) is 9.59 Å². The predicted octanol–water partition coefficient (Wildman–Crippen LogP) is 5.11. The fourth-order valence-electron chi connectivity index (χ4n) is 2.83. The van der Waals surface area contributed by atoms with E-state index < -0.39 is 5.91 Å². The predicted molar refractivity (Wildman–Crippen MR) is 112 cm³/mol. The van der Waals surface area contributed by atoms with Gasteiger partial charge in [0.1, 0.15) is 5.69 Å². The van der Waals surface area contributed by atoms with Crippen LogP contribution in [0.15, 0.2) is 60.8 Å². The lowest BCUT2D eigenvalue weighted by atomic mass is 10.1.